The molecule has 2 heterocycles. The van der Waals surface area contributed by atoms with Gasteiger partial charge in [-0.3, -0.25) is 4.79 Å². The van der Waals surface area contributed by atoms with Crippen LogP contribution in [0, 0.1) is 17.8 Å². The molecule has 3 unspecified atom stereocenters. The summed E-state index contributed by atoms with van der Waals surface area (Å²) in [5.41, 5.74) is 1.80. The number of hydrogen-bond acceptors (Lipinski definition) is 4. The molecule has 1 aromatic heterocycles. The number of carbonyl (C=O) groups is 1. The lowest BCUT2D eigenvalue weighted by molar-refractivity contribution is 0.0926. The van der Waals surface area contributed by atoms with Crippen molar-refractivity contribution in [3.63, 3.8) is 0 Å². The minimum atomic E-state index is 0.0000612. The van der Waals surface area contributed by atoms with Gasteiger partial charge in [-0.1, -0.05) is 23.7 Å². The molecule has 1 aliphatic heterocycles. The van der Waals surface area contributed by atoms with E-state index in [1.54, 1.807) is 24.3 Å². The van der Waals surface area contributed by atoms with Gasteiger partial charge in [0.05, 0.1) is 11.7 Å². The molecule has 3 aliphatic rings. The molecular formula is C21H26ClN5O. The maximum Gasteiger partial charge on any atom is 0.251 e. The van der Waals surface area contributed by atoms with Gasteiger partial charge in [-0.15, -0.1) is 5.10 Å². The lowest BCUT2D eigenvalue weighted by Crippen LogP contribution is -2.40. The third-order valence-corrected chi connectivity index (χ3v) is 7.17. The van der Waals surface area contributed by atoms with Gasteiger partial charge >= 0.3 is 0 Å². The van der Waals surface area contributed by atoms with Crippen LogP contribution in [0.2, 0.25) is 5.02 Å². The van der Waals surface area contributed by atoms with Crippen LogP contribution in [0.5, 0.6) is 0 Å². The number of halogens is 1. The fourth-order valence-electron chi connectivity index (χ4n) is 5.15. The number of rotatable bonds is 6. The van der Waals surface area contributed by atoms with Crippen LogP contribution in [0.25, 0.3) is 0 Å². The summed E-state index contributed by atoms with van der Waals surface area (Å²) >= 11 is 5.92. The molecule has 0 spiro atoms. The summed E-state index contributed by atoms with van der Waals surface area (Å²) in [5, 5.41) is 16.0. The topological polar surface area (TPSA) is 71.8 Å². The number of nitrogens with one attached hydrogen (secondary N) is 2. The fraction of sp³-hybridized carbons (Fsp3) is 0.571. The van der Waals surface area contributed by atoms with Crippen molar-refractivity contribution in [1.82, 2.24) is 25.6 Å². The Morgan fingerprint density at radius 3 is 2.61 bits per heavy atom. The van der Waals surface area contributed by atoms with E-state index in [1.807, 2.05) is 0 Å². The number of fused-ring (bicyclic) bond motifs is 1. The summed E-state index contributed by atoms with van der Waals surface area (Å²) < 4.78 is 2.09. The first-order chi connectivity index (χ1) is 13.6. The number of aromatic nitrogens is 3. The molecule has 2 saturated carbocycles. The minimum Gasteiger partial charge on any atom is -0.349 e. The SMILES string of the molecule is CCC(NC(=O)c1ccc(Cl)cc1)C1[C@H]2CC(n3cc(C4CNC4)nn3)C[C@@H]12. The van der Waals surface area contributed by atoms with E-state index in [0.29, 0.717) is 40.3 Å². The number of nitrogens with zero attached hydrogens (tertiary/aromatic N) is 3. The Kier molecular flexibility index (Phi) is 4.63. The smallest absolute Gasteiger partial charge is 0.251 e. The van der Waals surface area contributed by atoms with Crippen LogP contribution in [0.4, 0.5) is 0 Å². The lowest BCUT2D eigenvalue weighted by Gasteiger charge is -2.24. The van der Waals surface area contributed by atoms with E-state index >= 15 is 0 Å². The first kappa shape index (κ1) is 18.1. The van der Waals surface area contributed by atoms with E-state index in [9.17, 15) is 4.79 Å². The molecule has 28 heavy (non-hydrogen) atoms. The molecule has 0 bridgehead atoms. The summed E-state index contributed by atoms with van der Waals surface area (Å²) in [6, 6.07) is 7.80. The molecule has 2 N–H and O–H groups in total. The first-order valence-electron chi connectivity index (χ1n) is 10.3. The van der Waals surface area contributed by atoms with Crippen molar-refractivity contribution >= 4 is 17.5 Å². The zero-order valence-corrected chi connectivity index (χ0v) is 16.8. The monoisotopic (exact) mass is 399 g/mol. The third-order valence-electron chi connectivity index (χ3n) is 6.92. The second-order valence-corrected chi connectivity index (χ2v) is 8.94. The molecule has 2 aromatic rings. The van der Waals surface area contributed by atoms with Gasteiger partial charge < -0.3 is 10.6 Å². The molecule has 6 nitrogen and oxygen atoms in total. The molecular weight excluding hydrogens is 374 g/mol. The Morgan fingerprint density at radius 2 is 2.00 bits per heavy atom. The molecule has 0 radical (unpaired) electrons. The van der Waals surface area contributed by atoms with E-state index in [2.05, 4.69) is 38.7 Å². The summed E-state index contributed by atoms with van der Waals surface area (Å²) in [6.45, 7) is 4.19. The largest absolute Gasteiger partial charge is 0.349 e. The van der Waals surface area contributed by atoms with E-state index < -0.39 is 0 Å². The van der Waals surface area contributed by atoms with Gasteiger partial charge in [-0.2, -0.15) is 0 Å². The number of benzene rings is 1. The van der Waals surface area contributed by atoms with E-state index in [4.69, 9.17) is 11.6 Å². The highest BCUT2D eigenvalue weighted by atomic mass is 35.5. The molecule has 5 rings (SSSR count). The van der Waals surface area contributed by atoms with Crippen molar-refractivity contribution in [3.8, 4) is 0 Å². The van der Waals surface area contributed by atoms with Crippen LogP contribution in [0.15, 0.2) is 30.5 Å². The summed E-state index contributed by atoms with van der Waals surface area (Å²) in [6.07, 6.45) is 5.40. The van der Waals surface area contributed by atoms with Gasteiger partial charge in [0.15, 0.2) is 0 Å². The summed E-state index contributed by atoms with van der Waals surface area (Å²) in [5.74, 6) is 2.51. The van der Waals surface area contributed by atoms with Crippen LogP contribution >= 0.6 is 11.6 Å². The number of hydrogen-bond donors (Lipinski definition) is 2. The second kappa shape index (κ2) is 7.16. The maximum absolute atomic E-state index is 12.6. The Bertz CT molecular complexity index is 850. The lowest BCUT2D eigenvalue weighted by atomic mass is 9.98. The Hall–Kier alpha value is -1.92. The molecule has 1 aromatic carbocycles. The molecule has 5 atom stereocenters. The number of amides is 1. The van der Waals surface area contributed by atoms with Crippen LogP contribution in [-0.4, -0.2) is 40.0 Å². The van der Waals surface area contributed by atoms with Crippen molar-refractivity contribution in [1.29, 1.82) is 0 Å². The Balaban J connectivity index is 1.18. The van der Waals surface area contributed by atoms with Crippen LogP contribution in [0.1, 0.15) is 54.2 Å². The van der Waals surface area contributed by atoms with E-state index in [0.717, 1.165) is 38.0 Å². The predicted octanol–water partition coefficient (Wildman–Crippen LogP) is 3.02. The van der Waals surface area contributed by atoms with Gasteiger partial charge in [0, 0.05) is 41.8 Å². The average Bonchev–Trinajstić information content (AvgIpc) is 3.02. The normalized spacial score (nSPS) is 29.8. The molecule has 2 aliphatic carbocycles. The fourth-order valence-corrected chi connectivity index (χ4v) is 5.28. The highest BCUT2D eigenvalue weighted by molar-refractivity contribution is 6.30. The molecule has 1 amide bonds. The van der Waals surface area contributed by atoms with Crippen molar-refractivity contribution < 1.29 is 4.79 Å². The van der Waals surface area contributed by atoms with Crippen molar-refractivity contribution in [2.75, 3.05) is 13.1 Å². The third kappa shape index (κ3) is 3.22. The molecule has 148 valence electrons. The van der Waals surface area contributed by atoms with Crippen LogP contribution < -0.4 is 10.6 Å². The van der Waals surface area contributed by atoms with Crippen molar-refractivity contribution in [2.24, 2.45) is 17.8 Å². The second-order valence-electron chi connectivity index (χ2n) is 8.50. The predicted molar refractivity (Wildman–Crippen MR) is 107 cm³/mol. The van der Waals surface area contributed by atoms with Gasteiger partial charge in [-0.25, -0.2) is 4.68 Å². The van der Waals surface area contributed by atoms with Crippen LogP contribution in [0.3, 0.4) is 0 Å². The zero-order chi connectivity index (χ0) is 19.3. The van der Waals surface area contributed by atoms with Gasteiger partial charge in [0.1, 0.15) is 0 Å². The van der Waals surface area contributed by atoms with Gasteiger partial charge in [-0.05, 0) is 61.3 Å². The van der Waals surface area contributed by atoms with Gasteiger partial charge in [0.25, 0.3) is 5.91 Å². The number of carbonyl (C=O) groups excluding carboxylic acids is 1. The Morgan fingerprint density at radius 1 is 1.29 bits per heavy atom. The summed E-state index contributed by atoms with van der Waals surface area (Å²) in [4.78, 5) is 12.6. The van der Waals surface area contributed by atoms with Crippen molar-refractivity contribution in [3.05, 3.63) is 46.7 Å². The standard InChI is InChI=1S/C21H26ClN5O/c1-2-18(24-21(28)12-3-5-14(22)6-4-12)20-16-7-15(8-17(16)20)27-11-19(25-26-27)13-9-23-10-13/h3-6,11,13,15-18,20,23H,2,7-10H2,1H3,(H,24,28)/t15?,16-,17+,18?,20?. The molecule has 7 heteroatoms. The first-order valence-corrected chi connectivity index (χ1v) is 10.7. The van der Waals surface area contributed by atoms with E-state index in [-0.39, 0.29) is 11.9 Å². The highest BCUT2D eigenvalue weighted by Crippen LogP contribution is 2.62. The van der Waals surface area contributed by atoms with Crippen molar-refractivity contribution in [2.45, 2.75) is 44.2 Å². The van der Waals surface area contributed by atoms with Crippen LogP contribution in [-0.2, 0) is 0 Å². The molecule has 3 fully saturated rings. The van der Waals surface area contributed by atoms with Gasteiger partial charge in [0.2, 0.25) is 0 Å². The maximum atomic E-state index is 12.6. The van der Waals surface area contributed by atoms with E-state index in [1.165, 1.54) is 0 Å². The quantitative estimate of drug-likeness (QED) is 0.783. The Labute approximate surface area is 170 Å². The summed E-state index contributed by atoms with van der Waals surface area (Å²) in [7, 11) is 0. The average molecular weight is 400 g/mol. The zero-order valence-electron chi connectivity index (χ0n) is 16.0. The minimum absolute atomic E-state index is 0.0000612. The molecule has 1 saturated heterocycles. The highest BCUT2D eigenvalue weighted by Gasteiger charge is 2.59.